The van der Waals surface area contributed by atoms with Gasteiger partial charge in [-0.2, -0.15) is 12.6 Å². The summed E-state index contributed by atoms with van der Waals surface area (Å²) < 4.78 is 0. The van der Waals surface area contributed by atoms with Crippen LogP contribution in [0, 0.1) is 0 Å². The molecular formula is C16H25NS. The Kier molecular flexibility index (Phi) is 6.09. The summed E-state index contributed by atoms with van der Waals surface area (Å²) in [4.78, 5) is 2.64. The number of rotatable bonds is 7. The van der Waals surface area contributed by atoms with Crippen LogP contribution in [0.5, 0.6) is 0 Å². The monoisotopic (exact) mass is 263 g/mol. The second-order valence-corrected chi connectivity index (χ2v) is 5.78. The highest BCUT2D eigenvalue weighted by molar-refractivity contribution is 7.80. The van der Waals surface area contributed by atoms with Crippen molar-refractivity contribution in [1.29, 1.82) is 0 Å². The fourth-order valence-electron chi connectivity index (χ4n) is 2.83. The molecule has 0 spiro atoms. The van der Waals surface area contributed by atoms with Crippen LogP contribution < -0.4 is 0 Å². The normalized spacial score (nSPS) is 20.4. The van der Waals surface area contributed by atoms with Crippen molar-refractivity contribution in [2.24, 2.45) is 0 Å². The van der Waals surface area contributed by atoms with Gasteiger partial charge in [0, 0.05) is 6.54 Å². The van der Waals surface area contributed by atoms with Crippen molar-refractivity contribution in [3.63, 3.8) is 0 Å². The van der Waals surface area contributed by atoms with Crippen LogP contribution in [0.1, 0.15) is 43.6 Å². The van der Waals surface area contributed by atoms with Crippen molar-refractivity contribution in [3.05, 3.63) is 35.9 Å². The second kappa shape index (κ2) is 7.85. The minimum absolute atomic E-state index is 0.767. The zero-order valence-electron chi connectivity index (χ0n) is 11.2. The molecule has 1 aromatic carbocycles. The lowest BCUT2D eigenvalue weighted by Gasteiger charge is -2.16. The van der Waals surface area contributed by atoms with Crippen LogP contribution >= 0.6 is 12.6 Å². The maximum absolute atomic E-state index is 4.25. The summed E-state index contributed by atoms with van der Waals surface area (Å²) in [6.07, 6.45) is 6.68. The molecule has 0 amide bonds. The first-order chi connectivity index (χ1) is 8.90. The van der Waals surface area contributed by atoms with Gasteiger partial charge in [-0.1, -0.05) is 43.2 Å². The molecule has 0 aromatic heterocycles. The average Bonchev–Trinajstić information content (AvgIpc) is 2.88. The summed E-state index contributed by atoms with van der Waals surface area (Å²) in [5, 5.41) is 0. The van der Waals surface area contributed by atoms with E-state index in [1.54, 1.807) is 0 Å². The predicted molar refractivity (Wildman–Crippen MR) is 82.6 cm³/mol. The van der Waals surface area contributed by atoms with Gasteiger partial charge in [0.25, 0.3) is 0 Å². The summed E-state index contributed by atoms with van der Waals surface area (Å²) in [6, 6.07) is 11.0. The van der Waals surface area contributed by atoms with E-state index in [0.29, 0.717) is 0 Å². The van der Waals surface area contributed by atoms with Crippen molar-refractivity contribution in [2.45, 2.75) is 38.0 Å². The molecule has 1 nitrogen and oxygen atoms in total. The summed E-state index contributed by atoms with van der Waals surface area (Å²) in [7, 11) is 0. The molecule has 0 radical (unpaired) electrons. The lowest BCUT2D eigenvalue weighted by molar-refractivity contribution is 0.324. The molecule has 1 aromatic rings. The third-order valence-electron chi connectivity index (χ3n) is 3.93. The Morgan fingerprint density at radius 1 is 1.06 bits per heavy atom. The van der Waals surface area contributed by atoms with Gasteiger partial charge in [-0.15, -0.1) is 0 Å². The van der Waals surface area contributed by atoms with Crippen LogP contribution in [-0.4, -0.2) is 30.3 Å². The molecule has 18 heavy (non-hydrogen) atoms. The van der Waals surface area contributed by atoms with E-state index in [0.717, 1.165) is 11.7 Å². The van der Waals surface area contributed by atoms with E-state index in [1.165, 1.54) is 57.3 Å². The first-order valence-corrected chi connectivity index (χ1v) is 7.91. The smallest absolute Gasteiger partial charge is 0.00507 e. The van der Waals surface area contributed by atoms with Gasteiger partial charge in [0.2, 0.25) is 0 Å². The van der Waals surface area contributed by atoms with E-state index in [9.17, 15) is 0 Å². The van der Waals surface area contributed by atoms with E-state index < -0.39 is 0 Å². The minimum atomic E-state index is 0.767. The Hall–Kier alpha value is -0.470. The number of thiol groups is 1. The second-order valence-electron chi connectivity index (χ2n) is 5.33. The van der Waals surface area contributed by atoms with Gasteiger partial charge in [0.05, 0.1) is 0 Å². The van der Waals surface area contributed by atoms with Gasteiger partial charge in [-0.25, -0.2) is 0 Å². The first-order valence-electron chi connectivity index (χ1n) is 7.28. The van der Waals surface area contributed by atoms with Crippen LogP contribution in [-0.2, 0) is 0 Å². The summed E-state index contributed by atoms with van der Waals surface area (Å²) in [6.45, 7) is 3.83. The van der Waals surface area contributed by atoms with Gasteiger partial charge in [-0.3, -0.25) is 0 Å². The number of benzene rings is 1. The molecule has 1 aliphatic heterocycles. The largest absolute Gasteiger partial charge is 0.303 e. The molecule has 2 heteroatoms. The third kappa shape index (κ3) is 4.33. The van der Waals surface area contributed by atoms with E-state index in [2.05, 4.69) is 47.9 Å². The fourth-order valence-corrected chi connectivity index (χ4v) is 3.06. The van der Waals surface area contributed by atoms with Crippen molar-refractivity contribution in [3.8, 4) is 0 Å². The molecule has 2 rings (SSSR count). The van der Waals surface area contributed by atoms with E-state index >= 15 is 0 Å². The topological polar surface area (TPSA) is 3.24 Å². The minimum Gasteiger partial charge on any atom is -0.303 e. The van der Waals surface area contributed by atoms with Gasteiger partial charge in [0.1, 0.15) is 0 Å². The Bertz CT molecular complexity index is 325. The molecule has 1 aliphatic rings. The van der Waals surface area contributed by atoms with Crippen LogP contribution in [0.4, 0.5) is 0 Å². The number of hydrogen-bond acceptors (Lipinski definition) is 2. The van der Waals surface area contributed by atoms with Gasteiger partial charge < -0.3 is 4.90 Å². The highest BCUT2D eigenvalue weighted by Gasteiger charge is 2.22. The molecule has 0 aliphatic carbocycles. The van der Waals surface area contributed by atoms with Crippen LogP contribution in [0.15, 0.2) is 30.3 Å². The lowest BCUT2D eigenvalue weighted by Crippen LogP contribution is -2.21. The highest BCUT2D eigenvalue weighted by Crippen LogP contribution is 2.26. The molecule has 1 fully saturated rings. The van der Waals surface area contributed by atoms with Crippen molar-refractivity contribution in [2.75, 3.05) is 25.4 Å². The van der Waals surface area contributed by atoms with Gasteiger partial charge in [0.15, 0.2) is 0 Å². The molecular weight excluding hydrogens is 238 g/mol. The van der Waals surface area contributed by atoms with Crippen LogP contribution in [0.25, 0.3) is 0 Å². The highest BCUT2D eigenvalue weighted by atomic mass is 32.1. The van der Waals surface area contributed by atoms with Gasteiger partial charge >= 0.3 is 0 Å². The van der Waals surface area contributed by atoms with Crippen molar-refractivity contribution in [1.82, 2.24) is 4.90 Å². The third-order valence-corrected chi connectivity index (χ3v) is 4.24. The standard InChI is InChI=1S/C16H25NS/c18-13-7-2-1-6-11-17-12-10-16(14-17)15-8-4-3-5-9-15/h3-5,8-9,16,18H,1-2,6-7,10-14H2. The van der Waals surface area contributed by atoms with E-state index in [4.69, 9.17) is 0 Å². The SMILES string of the molecule is SCCCCCCN1CCC(c2ccccc2)C1. The zero-order valence-corrected chi connectivity index (χ0v) is 12.1. The lowest BCUT2D eigenvalue weighted by atomic mass is 9.99. The maximum atomic E-state index is 4.25. The molecule has 100 valence electrons. The van der Waals surface area contributed by atoms with Crippen molar-refractivity contribution >= 4 is 12.6 Å². The Morgan fingerprint density at radius 2 is 1.83 bits per heavy atom. The quantitative estimate of drug-likeness (QED) is 0.575. The Morgan fingerprint density at radius 3 is 2.61 bits per heavy atom. The summed E-state index contributed by atoms with van der Waals surface area (Å²) in [5.41, 5.74) is 1.52. The molecule has 1 heterocycles. The molecule has 0 bridgehead atoms. The van der Waals surface area contributed by atoms with E-state index in [1.807, 2.05) is 0 Å². The molecule has 1 unspecified atom stereocenters. The van der Waals surface area contributed by atoms with Gasteiger partial charge in [-0.05, 0) is 49.6 Å². The first kappa shape index (κ1) is 14.0. The maximum Gasteiger partial charge on any atom is 0.00507 e. The number of likely N-dealkylation sites (tertiary alicyclic amines) is 1. The molecule has 0 N–H and O–H groups in total. The number of unbranched alkanes of at least 4 members (excludes halogenated alkanes) is 3. The van der Waals surface area contributed by atoms with Crippen LogP contribution in [0.3, 0.4) is 0 Å². The molecule has 1 saturated heterocycles. The number of hydrogen-bond donors (Lipinski definition) is 1. The average molecular weight is 263 g/mol. The fraction of sp³-hybridized carbons (Fsp3) is 0.625. The van der Waals surface area contributed by atoms with Crippen molar-refractivity contribution < 1.29 is 0 Å². The number of nitrogens with zero attached hydrogens (tertiary/aromatic N) is 1. The van der Waals surface area contributed by atoms with E-state index in [-0.39, 0.29) is 0 Å². The predicted octanol–water partition coefficient (Wildman–Crippen LogP) is 3.97. The zero-order chi connectivity index (χ0) is 12.6. The Balaban J connectivity index is 1.66. The molecule has 1 atom stereocenters. The summed E-state index contributed by atoms with van der Waals surface area (Å²) in [5.74, 6) is 1.81. The Labute approximate surface area is 117 Å². The van der Waals surface area contributed by atoms with Crippen LogP contribution in [0.2, 0.25) is 0 Å². The molecule has 0 saturated carbocycles. The summed E-state index contributed by atoms with van der Waals surface area (Å²) >= 11 is 4.25.